The Morgan fingerprint density at radius 1 is 0.534 bits per heavy atom. The highest BCUT2D eigenvalue weighted by molar-refractivity contribution is 7.81. The SMILES string of the molecule is C=C.C=C.C=C.C=C=C.C=C=C.C=C=C=C.C=CC=C.C=CC=C.C=CCCCCCCCCC.CCCCCCCCOC(=O)CS.O=C(O)CS.OCC(CO)CS.OCCC(O)CCCS.OCCS. The molecule has 0 aliphatic carbocycles. The summed E-state index contributed by atoms with van der Waals surface area (Å²) in [6, 6.07) is 0. The number of thiol groups is 5. The van der Waals surface area contributed by atoms with E-state index in [9.17, 15) is 9.59 Å². The average Bonchev–Trinajstić information content (AvgIpc) is 3.43. The van der Waals surface area contributed by atoms with Crippen LogP contribution in [-0.2, 0) is 14.3 Å². The van der Waals surface area contributed by atoms with Gasteiger partial charge in [-0.05, 0) is 63.2 Å². The van der Waals surface area contributed by atoms with Crippen LogP contribution in [0.5, 0.6) is 0 Å². The lowest BCUT2D eigenvalue weighted by Crippen LogP contribution is -2.11. The number of hydrogen-bond donors (Lipinski definition) is 11. The van der Waals surface area contributed by atoms with E-state index in [4.69, 9.17) is 35.4 Å². The zero-order valence-corrected chi connectivity index (χ0v) is 50.8. The van der Waals surface area contributed by atoms with Crippen LogP contribution in [0.1, 0.15) is 123 Å². The standard InChI is InChI=1S/C11H22.C10H20O2S.C6H14O2S.C4H10O2S.2C4H6.C4H4.2C3H4.C2H4O2S.C2H6OS.3C2H4/c1-3-5-7-9-11-10-8-6-4-2;1-2-3-4-5-6-7-8-12-10(11)9-13;7-4-3-6(8)2-1-5-9;5-1-4(2-6)3-7;3*1-3-4-2;2*1-3-2;3-2(4)1-5;3-1-2-4;3*1-2/h3H,1,4-11H2,2H3;13H,2-9H2,1H3;6-9H,1-5H2;4-7H,1-3H2;2*3-4H,1-2H2;1-2H2;2*1-2H2;5H,1H2,(H,3,4);3-4H,1-2H2;3*1-2H2. The molecule has 0 aromatic rings. The second-order valence-corrected chi connectivity index (χ2v) is 14.5. The Morgan fingerprint density at radius 2 is 0.863 bits per heavy atom. The molecule has 73 heavy (non-hydrogen) atoms. The van der Waals surface area contributed by atoms with Crippen LogP contribution < -0.4 is 0 Å². The number of allylic oxidation sites excluding steroid dienone is 5. The molecule has 9 nitrogen and oxygen atoms in total. The van der Waals surface area contributed by atoms with Gasteiger partial charge in [-0.3, -0.25) is 9.59 Å². The minimum Gasteiger partial charge on any atom is -0.481 e. The van der Waals surface area contributed by atoms with Crippen LogP contribution in [0.15, 0.2) is 165 Å². The molecule has 0 aromatic carbocycles. The maximum absolute atomic E-state index is 10.6. The summed E-state index contributed by atoms with van der Waals surface area (Å²) < 4.78 is 4.88. The Labute approximate surface area is 479 Å². The van der Waals surface area contributed by atoms with Crippen molar-refractivity contribution in [2.45, 2.75) is 129 Å². The molecule has 0 bridgehead atoms. The first-order chi connectivity index (χ1) is 35.1. The van der Waals surface area contributed by atoms with Gasteiger partial charge in [0, 0.05) is 31.5 Å². The van der Waals surface area contributed by atoms with Crippen molar-refractivity contribution in [3.63, 3.8) is 0 Å². The van der Waals surface area contributed by atoms with Gasteiger partial charge in [0.2, 0.25) is 0 Å². The molecule has 14 heteroatoms. The predicted molar refractivity (Wildman–Crippen MR) is 348 cm³/mol. The van der Waals surface area contributed by atoms with Crippen molar-refractivity contribution in [2.75, 3.05) is 61.8 Å². The number of rotatable bonds is 28. The number of aliphatic hydroxyl groups excluding tert-OH is 5. The molecule has 6 N–H and O–H groups in total. The highest BCUT2D eigenvalue weighted by Gasteiger charge is 2.01. The summed E-state index contributed by atoms with van der Waals surface area (Å²) in [5.41, 5.74) is 9.14. The normalized spacial score (nSPS) is 7.96. The number of esters is 1. The van der Waals surface area contributed by atoms with Gasteiger partial charge >= 0.3 is 11.9 Å². The van der Waals surface area contributed by atoms with Crippen LogP contribution in [0.4, 0.5) is 0 Å². The smallest absolute Gasteiger partial charge is 0.315 e. The van der Waals surface area contributed by atoms with E-state index in [-0.39, 0.29) is 55.9 Å². The first-order valence-electron chi connectivity index (χ1n) is 23.9. The van der Waals surface area contributed by atoms with Gasteiger partial charge in [-0.1, -0.05) is 179 Å². The summed E-state index contributed by atoms with van der Waals surface area (Å²) in [5, 5.41) is 49.4. The van der Waals surface area contributed by atoms with Crippen molar-refractivity contribution >= 4 is 75.1 Å². The van der Waals surface area contributed by atoms with E-state index in [0.29, 0.717) is 24.5 Å². The van der Waals surface area contributed by atoms with Gasteiger partial charge in [-0.2, -0.15) is 63.1 Å². The fraction of sp³-hybridized carbons (Fsp3) is 0.525. The third-order valence-electron chi connectivity index (χ3n) is 6.53. The molecule has 0 spiro atoms. The number of unbranched alkanes of at least 4 members (excludes halogenated alkanes) is 12. The third kappa shape index (κ3) is 254. The fourth-order valence-corrected chi connectivity index (χ4v) is 3.66. The van der Waals surface area contributed by atoms with E-state index in [1.165, 1.54) is 83.5 Å². The van der Waals surface area contributed by atoms with Crippen LogP contribution in [0, 0.1) is 5.92 Å². The minimum absolute atomic E-state index is 0.0278. The quantitative estimate of drug-likeness (QED) is 0.00914. The monoisotopic (exact) mass is 1120 g/mol. The van der Waals surface area contributed by atoms with E-state index in [1.54, 1.807) is 24.3 Å². The van der Waals surface area contributed by atoms with Crippen LogP contribution in [0.2, 0.25) is 0 Å². The van der Waals surface area contributed by atoms with Crippen LogP contribution in [0.25, 0.3) is 0 Å². The summed E-state index contributed by atoms with van der Waals surface area (Å²) in [4.78, 5) is 19.9. The lowest BCUT2D eigenvalue weighted by atomic mass is 10.1. The maximum atomic E-state index is 10.6. The third-order valence-corrected chi connectivity index (χ3v) is 8.09. The second-order valence-electron chi connectivity index (χ2n) is 12.6. The summed E-state index contributed by atoms with van der Waals surface area (Å²) >= 11 is 18.7. The van der Waals surface area contributed by atoms with Crippen molar-refractivity contribution in [3.05, 3.63) is 165 Å². The van der Waals surface area contributed by atoms with Gasteiger partial charge in [0.25, 0.3) is 0 Å². The highest BCUT2D eigenvalue weighted by Crippen LogP contribution is 2.08. The molecule has 432 valence electrons. The van der Waals surface area contributed by atoms with Crippen molar-refractivity contribution < 1.29 is 45.0 Å². The molecule has 0 aromatic heterocycles. The molecule has 0 aliphatic heterocycles. The number of aliphatic carboxylic acids is 1. The first-order valence-corrected chi connectivity index (χ1v) is 27.0. The van der Waals surface area contributed by atoms with Crippen molar-refractivity contribution in [1.82, 2.24) is 0 Å². The van der Waals surface area contributed by atoms with Crippen molar-refractivity contribution in [3.8, 4) is 0 Å². The number of carbonyl (C=O) groups is 2. The highest BCUT2D eigenvalue weighted by atomic mass is 32.1. The van der Waals surface area contributed by atoms with Gasteiger partial charge in [0.05, 0.1) is 30.8 Å². The first kappa shape index (κ1) is 106. The maximum Gasteiger partial charge on any atom is 0.315 e. The number of carboxylic acid groups (broad SMARTS) is 1. The molecule has 0 radical (unpaired) electrons. The number of hydrogen-bond acceptors (Lipinski definition) is 13. The minimum atomic E-state index is -0.881. The molecule has 0 fully saturated rings. The molecule has 1 atom stereocenters. The van der Waals surface area contributed by atoms with E-state index in [2.05, 4.69) is 212 Å². The zero-order chi connectivity index (χ0) is 60.5. The van der Waals surface area contributed by atoms with Gasteiger partial charge in [-0.25, -0.2) is 0 Å². The lowest BCUT2D eigenvalue weighted by molar-refractivity contribution is -0.140. The molecule has 0 saturated carbocycles. The number of carbonyl (C=O) groups excluding carboxylic acids is 1. The van der Waals surface area contributed by atoms with Gasteiger partial charge in [0.1, 0.15) is 0 Å². The largest absolute Gasteiger partial charge is 0.481 e. The van der Waals surface area contributed by atoms with E-state index < -0.39 is 5.97 Å². The number of aliphatic hydroxyl groups is 5. The van der Waals surface area contributed by atoms with E-state index in [1.807, 2.05) is 6.08 Å². The number of ether oxygens (including phenoxy) is 1. The Balaban J connectivity index is -0.0000000447. The fourth-order valence-electron chi connectivity index (χ4n) is 3.15. The van der Waals surface area contributed by atoms with Crippen LogP contribution in [-0.4, -0.2) is 110 Å². The predicted octanol–water partition coefficient (Wildman–Crippen LogP) is 15.1. The van der Waals surface area contributed by atoms with Crippen molar-refractivity contribution in [1.29, 1.82) is 0 Å². The Hall–Kier alpha value is -3.25. The average molecular weight is 1130 g/mol. The topological polar surface area (TPSA) is 165 Å². The molecule has 0 saturated heterocycles. The Morgan fingerprint density at radius 3 is 1.07 bits per heavy atom. The molecule has 0 rings (SSSR count). The lowest BCUT2D eigenvalue weighted by Gasteiger charge is -2.05. The molecule has 0 amide bonds. The van der Waals surface area contributed by atoms with E-state index >= 15 is 0 Å². The Bertz CT molecular complexity index is 1070. The van der Waals surface area contributed by atoms with E-state index in [0.717, 1.165) is 25.0 Å². The van der Waals surface area contributed by atoms with Gasteiger partial charge in [0.15, 0.2) is 0 Å². The zero-order valence-electron chi connectivity index (χ0n) is 46.3. The summed E-state index contributed by atoms with van der Waals surface area (Å²) in [6.07, 6.45) is 28.7. The number of carboxylic acids is 1. The molecule has 0 heterocycles. The molecule has 0 aliphatic rings. The molecular weight excluding hydrogens is 1010 g/mol. The van der Waals surface area contributed by atoms with Gasteiger partial charge in [-0.15, -0.1) is 57.5 Å². The summed E-state index contributed by atoms with van der Waals surface area (Å²) in [7, 11) is 0. The van der Waals surface area contributed by atoms with Crippen LogP contribution >= 0.6 is 63.1 Å². The van der Waals surface area contributed by atoms with Gasteiger partial charge < -0.3 is 35.4 Å². The second kappa shape index (κ2) is 151. The molecule has 1 unspecified atom stereocenters. The molecular formula is C59H112O9S5. The Kier molecular flexibility index (Phi) is 219. The summed E-state index contributed by atoms with van der Waals surface area (Å²) in [6.45, 7) is 59.4. The van der Waals surface area contributed by atoms with Crippen molar-refractivity contribution in [2.24, 2.45) is 5.92 Å². The summed E-state index contributed by atoms with van der Waals surface area (Å²) in [5.74, 6) is 0.902. The van der Waals surface area contributed by atoms with Crippen LogP contribution in [0.3, 0.4) is 0 Å².